The zero-order valence-electron chi connectivity index (χ0n) is 13.6. The predicted molar refractivity (Wildman–Crippen MR) is 98.5 cm³/mol. The van der Waals surface area contributed by atoms with Gasteiger partial charge in [0.2, 0.25) is 5.79 Å². The largest absolute Gasteiger partial charge is 0.456 e. The van der Waals surface area contributed by atoms with Gasteiger partial charge in [0.25, 0.3) is 0 Å². The molecule has 1 N–H and O–H groups in total. The lowest BCUT2D eigenvalue weighted by Gasteiger charge is -2.41. The number of fused-ring (bicyclic) bond motifs is 1. The molecule has 0 saturated carbocycles. The van der Waals surface area contributed by atoms with Gasteiger partial charge in [-0.05, 0) is 58.7 Å². The Morgan fingerprint density at radius 3 is 2.38 bits per heavy atom. The van der Waals surface area contributed by atoms with Gasteiger partial charge in [0.1, 0.15) is 5.75 Å². The third-order valence-electron chi connectivity index (χ3n) is 3.85. The van der Waals surface area contributed by atoms with Crippen molar-refractivity contribution >= 4 is 43.8 Å². The maximum Gasteiger partial charge on any atom is 0.387 e. The van der Waals surface area contributed by atoms with Crippen LogP contribution in [-0.2, 0) is 15.6 Å². The number of carbonyl (C=O) groups is 2. The van der Waals surface area contributed by atoms with Gasteiger partial charge in [-0.15, -0.1) is 0 Å². The first-order chi connectivity index (χ1) is 12.4. The van der Waals surface area contributed by atoms with Crippen molar-refractivity contribution in [2.75, 3.05) is 0 Å². The molecule has 2 aromatic carbocycles. The van der Waals surface area contributed by atoms with E-state index in [0.717, 1.165) is 4.47 Å². The van der Waals surface area contributed by atoms with Crippen LogP contribution in [0.1, 0.15) is 46.0 Å². The molecule has 1 heterocycles. The summed E-state index contributed by atoms with van der Waals surface area (Å²) in [5.74, 6) is -2.88. The van der Waals surface area contributed by atoms with Gasteiger partial charge >= 0.3 is 11.9 Å². The lowest BCUT2D eigenvalue weighted by Crippen LogP contribution is -2.43. The summed E-state index contributed by atoms with van der Waals surface area (Å²) in [6.45, 7) is 1.88. The third-order valence-corrected chi connectivity index (χ3v) is 5.01. The number of aliphatic hydroxyl groups is 1. The van der Waals surface area contributed by atoms with Gasteiger partial charge in [0.15, 0.2) is 0 Å². The molecule has 0 spiro atoms. The van der Waals surface area contributed by atoms with Crippen molar-refractivity contribution in [1.29, 1.82) is 0 Å². The average molecular weight is 486 g/mol. The summed E-state index contributed by atoms with van der Waals surface area (Å²) in [6, 6.07) is 9.45. The van der Waals surface area contributed by atoms with Gasteiger partial charge in [-0.25, -0.2) is 19.4 Å². The molecule has 0 aromatic heterocycles. The number of benzene rings is 2. The van der Waals surface area contributed by atoms with E-state index in [9.17, 15) is 14.7 Å². The zero-order valence-corrected chi connectivity index (χ0v) is 16.8. The van der Waals surface area contributed by atoms with Crippen LogP contribution in [0.15, 0.2) is 45.3 Å². The fourth-order valence-electron chi connectivity index (χ4n) is 2.66. The Hall–Kier alpha value is -1.90. The minimum atomic E-state index is -1.56. The second kappa shape index (κ2) is 7.38. The van der Waals surface area contributed by atoms with Crippen molar-refractivity contribution in [1.82, 2.24) is 0 Å². The second-order valence-electron chi connectivity index (χ2n) is 5.68. The van der Waals surface area contributed by atoms with Crippen LogP contribution in [0.2, 0.25) is 0 Å². The standard InChI is InChI=1S/C18H14Br2O6/c1-2-9-18(23)14-12(7-8-13(20)15(14)24-18)17(22)26-25-16(21)10-3-5-11(19)6-4-10/h3-8,23H,2,9H2,1H3. The predicted octanol–water partition coefficient (Wildman–Crippen LogP) is 4.48. The Morgan fingerprint density at radius 2 is 1.73 bits per heavy atom. The van der Waals surface area contributed by atoms with Crippen LogP contribution in [-0.4, -0.2) is 17.0 Å². The Labute approximate surface area is 166 Å². The first-order valence-electron chi connectivity index (χ1n) is 7.79. The van der Waals surface area contributed by atoms with Crippen LogP contribution in [0.4, 0.5) is 0 Å². The molecule has 1 aliphatic rings. The highest BCUT2D eigenvalue weighted by Gasteiger charge is 2.48. The smallest absolute Gasteiger partial charge is 0.387 e. The van der Waals surface area contributed by atoms with E-state index in [2.05, 4.69) is 41.6 Å². The minimum absolute atomic E-state index is 0.0778. The van der Waals surface area contributed by atoms with E-state index in [0.29, 0.717) is 28.6 Å². The maximum atomic E-state index is 12.4. The van der Waals surface area contributed by atoms with Crippen LogP contribution < -0.4 is 4.74 Å². The summed E-state index contributed by atoms with van der Waals surface area (Å²) in [7, 11) is 0. The van der Waals surface area contributed by atoms with E-state index in [1.807, 2.05) is 6.92 Å². The second-order valence-corrected chi connectivity index (χ2v) is 7.45. The van der Waals surface area contributed by atoms with Crippen molar-refractivity contribution in [3.63, 3.8) is 0 Å². The highest BCUT2D eigenvalue weighted by Crippen LogP contribution is 2.51. The maximum absolute atomic E-state index is 12.4. The summed E-state index contributed by atoms with van der Waals surface area (Å²) < 4.78 is 6.84. The molecular weight excluding hydrogens is 472 g/mol. The Morgan fingerprint density at radius 1 is 1.08 bits per heavy atom. The SMILES string of the molecule is CCCC1(O)Oc2c(Br)ccc(C(=O)OOC(=O)c3ccc(Br)cc3)c21. The molecule has 0 saturated heterocycles. The van der Waals surface area contributed by atoms with Gasteiger partial charge in [-0.1, -0.05) is 22.9 Å². The highest BCUT2D eigenvalue weighted by molar-refractivity contribution is 9.10. The lowest BCUT2D eigenvalue weighted by molar-refractivity contribution is -0.195. The summed E-state index contributed by atoms with van der Waals surface area (Å²) in [6.07, 6.45) is 0.963. The van der Waals surface area contributed by atoms with Crippen LogP contribution in [0, 0.1) is 0 Å². The monoisotopic (exact) mass is 484 g/mol. The van der Waals surface area contributed by atoms with Crippen molar-refractivity contribution in [2.45, 2.75) is 25.6 Å². The third kappa shape index (κ3) is 3.49. The van der Waals surface area contributed by atoms with Crippen LogP contribution in [0.25, 0.3) is 0 Å². The molecular formula is C18H14Br2O6. The molecule has 1 atom stereocenters. The lowest BCUT2D eigenvalue weighted by atomic mass is 9.90. The quantitative estimate of drug-likeness (QED) is 0.508. The Balaban J connectivity index is 1.76. The molecule has 0 radical (unpaired) electrons. The summed E-state index contributed by atoms with van der Waals surface area (Å²) >= 11 is 6.57. The normalized spacial score (nSPS) is 17.5. The van der Waals surface area contributed by atoms with Crippen molar-refractivity contribution in [3.8, 4) is 5.75 Å². The molecule has 8 heteroatoms. The number of hydrogen-bond donors (Lipinski definition) is 1. The molecule has 0 aliphatic carbocycles. The van der Waals surface area contributed by atoms with E-state index in [-0.39, 0.29) is 11.1 Å². The molecule has 26 heavy (non-hydrogen) atoms. The summed E-state index contributed by atoms with van der Waals surface area (Å²) in [4.78, 5) is 33.6. The summed E-state index contributed by atoms with van der Waals surface area (Å²) in [5.41, 5.74) is 0.628. The van der Waals surface area contributed by atoms with Crippen LogP contribution in [0.3, 0.4) is 0 Å². The number of rotatable bonds is 4. The van der Waals surface area contributed by atoms with Crippen molar-refractivity contribution in [3.05, 3.63) is 62.0 Å². The first-order valence-corrected chi connectivity index (χ1v) is 9.37. The van der Waals surface area contributed by atoms with Crippen molar-refractivity contribution < 1.29 is 29.2 Å². The summed E-state index contributed by atoms with van der Waals surface area (Å²) in [5, 5.41) is 10.5. The van der Waals surface area contributed by atoms with E-state index in [1.165, 1.54) is 18.2 Å². The molecule has 0 amide bonds. The van der Waals surface area contributed by atoms with Crippen molar-refractivity contribution in [2.24, 2.45) is 0 Å². The molecule has 3 rings (SSSR count). The fourth-order valence-corrected chi connectivity index (χ4v) is 3.33. The number of halogens is 2. The zero-order chi connectivity index (χ0) is 18.9. The fraction of sp³-hybridized carbons (Fsp3) is 0.222. The molecule has 6 nitrogen and oxygen atoms in total. The van der Waals surface area contributed by atoms with Crippen LogP contribution in [0.5, 0.6) is 5.75 Å². The highest BCUT2D eigenvalue weighted by atomic mass is 79.9. The van der Waals surface area contributed by atoms with Gasteiger partial charge < -0.3 is 9.84 Å². The molecule has 1 aliphatic heterocycles. The minimum Gasteiger partial charge on any atom is -0.456 e. The van der Waals surface area contributed by atoms with Gasteiger partial charge in [0.05, 0.1) is 21.2 Å². The van der Waals surface area contributed by atoms with E-state index in [4.69, 9.17) is 4.74 Å². The molecule has 136 valence electrons. The molecule has 0 bridgehead atoms. The van der Waals surface area contributed by atoms with E-state index in [1.54, 1.807) is 18.2 Å². The van der Waals surface area contributed by atoms with E-state index < -0.39 is 17.7 Å². The first kappa shape index (κ1) is 18.9. The van der Waals surface area contributed by atoms with Gasteiger partial charge in [-0.2, -0.15) is 0 Å². The number of hydrogen-bond acceptors (Lipinski definition) is 6. The number of ether oxygens (including phenoxy) is 1. The van der Waals surface area contributed by atoms with Gasteiger partial charge in [-0.3, -0.25) is 0 Å². The average Bonchev–Trinajstić information content (AvgIpc) is 2.61. The molecule has 2 aromatic rings. The topological polar surface area (TPSA) is 82.1 Å². The molecule has 1 unspecified atom stereocenters. The van der Waals surface area contributed by atoms with Gasteiger partial charge in [0, 0.05) is 10.9 Å². The molecule has 0 fully saturated rings. The number of carbonyl (C=O) groups excluding carboxylic acids is 2. The Bertz CT molecular complexity index is 865. The Kier molecular flexibility index (Phi) is 5.36. The van der Waals surface area contributed by atoms with Crippen LogP contribution >= 0.6 is 31.9 Å². The van der Waals surface area contributed by atoms with E-state index >= 15 is 0 Å².